The summed E-state index contributed by atoms with van der Waals surface area (Å²) in [5, 5.41) is 8.96. The third-order valence-corrected chi connectivity index (χ3v) is 4.25. The number of carbonyl (C=O) groups is 2. The summed E-state index contributed by atoms with van der Waals surface area (Å²) in [6.45, 7) is 3.94. The molecule has 0 aromatic heterocycles. The Morgan fingerprint density at radius 1 is 1.12 bits per heavy atom. The zero-order valence-corrected chi connectivity index (χ0v) is 14.8. The molecule has 1 aliphatic rings. The van der Waals surface area contributed by atoms with Gasteiger partial charge in [-0.25, -0.2) is 5.01 Å². The minimum atomic E-state index is -0.293. The van der Waals surface area contributed by atoms with Crippen LogP contribution in [0.25, 0.3) is 0 Å². The smallest absolute Gasteiger partial charge is 0.271 e. The van der Waals surface area contributed by atoms with Gasteiger partial charge in [0.1, 0.15) is 5.71 Å². The van der Waals surface area contributed by atoms with Gasteiger partial charge in [0.15, 0.2) is 0 Å². The zero-order chi connectivity index (χ0) is 18.0. The number of nitrogens with zero attached hydrogens (tertiary/aromatic N) is 2. The Bertz CT molecular complexity index is 859. The van der Waals surface area contributed by atoms with Crippen LogP contribution in [0.2, 0.25) is 5.02 Å². The molecule has 2 aromatic rings. The molecule has 0 aliphatic carbocycles. The fraction of sp³-hybridized carbons (Fsp3) is 0.211. The summed E-state index contributed by atoms with van der Waals surface area (Å²) in [5.74, 6) is -0.441. The molecule has 2 aromatic carbocycles. The van der Waals surface area contributed by atoms with Crippen molar-refractivity contribution in [2.24, 2.45) is 5.10 Å². The lowest BCUT2D eigenvalue weighted by molar-refractivity contribution is -0.118. The second-order valence-electron chi connectivity index (χ2n) is 6.00. The van der Waals surface area contributed by atoms with Gasteiger partial charge < -0.3 is 5.32 Å². The normalized spacial score (nSPS) is 14.3. The average Bonchev–Trinajstić information content (AvgIpc) is 2.58. The number of benzene rings is 2. The Balaban J connectivity index is 1.83. The number of hydrogen-bond acceptors (Lipinski definition) is 3. The summed E-state index contributed by atoms with van der Waals surface area (Å²) in [6.07, 6.45) is 0.557. The van der Waals surface area contributed by atoms with Gasteiger partial charge in [-0.3, -0.25) is 9.59 Å². The molecule has 0 radical (unpaired) electrons. The first kappa shape index (κ1) is 17.2. The van der Waals surface area contributed by atoms with Crippen molar-refractivity contribution in [3.8, 4) is 0 Å². The van der Waals surface area contributed by atoms with Gasteiger partial charge in [-0.2, -0.15) is 5.10 Å². The first-order valence-corrected chi connectivity index (χ1v) is 8.36. The summed E-state index contributed by atoms with van der Waals surface area (Å²) in [5.41, 5.74) is 3.77. The van der Waals surface area contributed by atoms with Crippen LogP contribution in [0.4, 0.5) is 11.4 Å². The SMILES string of the molecule is Cc1ccc(NC(=O)C2=NN(c3ccc(Cl)cc3)C(=O)CC2)c(C)c1. The van der Waals surface area contributed by atoms with Crippen LogP contribution in [0.3, 0.4) is 0 Å². The highest BCUT2D eigenvalue weighted by Crippen LogP contribution is 2.23. The Morgan fingerprint density at radius 3 is 2.52 bits per heavy atom. The quantitative estimate of drug-likeness (QED) is 0.901. The lowest BCUT2D eigenvalue weighted by atomic mass is 10.1. The Kier molecular flexibility index (Phi) is 4.86. The monoisotopic (exact) mass is 355 g/mol. The standard InChI is InChI=1S/C19H18ClN3O2/c1-12-3-8-16(13(2)11-12)21-19(25)17-9-10-18(24)23(22-17)15-6-4-14(20)5-7-15/h3-8,11H,9-10H2,1-2H3,(H,21,25). The predicted octanol–water partition coefficient (Wildman–Crippen LogP) is 4.08. The molecule has 0 bridgehead atoms. The molecule has 25 heavy (non-hydrogen) atoms. The largest absolute Gasteiger partial charge is 0.321 e. The van der Waals surface area contributed by atoms with Crippen LogP contribution in [-0.2, 0) is 9.59 Å². The van der Waals surface area contributed by atoms with Gasteiger partial charge in [0.2, 0.25) is 5.91 Å². The van der Waals surface area contributed by atoms with E-state index in [1.165, 1.54) is 5.01 Å². The third-order valence-electron chi connectivity index (χ3n) is 4.00. The van der Waals surface area contributed by atoms with Crippen LogP contribution >= 0.6 is 11.6 Å². The van der Waals surface area contributed by atoms with E-state index in [-0.39, 0.29) is 18.2 Å². The molecule has 0 fully saturated rings. The highest BCUT2D eigenvalue weighted by molar-refractivity contribution is 6.44. The van der Waals surface area contributed by atoms with Crippen LogP contribution in [-0.4, -0.2) is 17.5 Å². The number of halogens is 1. The van der Waals surface area contributed by atoms with E-state index in [1.807, 2.05) is 32.0 Å². The molecule has 0 spiro atoms. The highest BCUT2D eigenvalue weighted by Gasteiger charge is 2.25. The molecule has 0 saturated carbocycles. The van der Waals surface area contributed by atoms with E-state index >= 15 is 0 Å². The van der Waals surface area contributed by atoms with Crippen molar-refractivity contribution in [1.29, 1.82) is 0 Å². The number of nitrogens with one attached hydrogen (secondary N) is 1. The number of amides is 2. The second kappa shape index (κ2) is 7.07. The lowest BCUT2D eigenvalue weighted by Gasteiger charge is -2.23. The zero-order valence-electron chi connectivity index (χ0n) is 14.0. The molecule has 1 aliphatic heterocycles. The Hall–Kier alpha value is -2.66. The summed E-state index contributed by atoms with van der Waals surface area (Å²) >= 11 is 5.88. The van der Waals surface area contributed by atoms with Gasteiger partial charge in [-0.1, -0.05) is 29.3 Å². The maximum atomic E-state index is 12.5. The van der Waals surface area contributed by atoms with Crippen LogP contribution in [0.5, 0.6) is 0 Å². The second-order valence-corrected chi connectivity index (χ2v) is 6.44. The number of aryl methyl sites for hydroxylation is 2. The molecule has 1 N–H and O–H groups in total. The third kappa shape index (κ3) is 3.88. The van der Waals surface area contributed by atoms with E-state index in [0.717, 1.165) is 16.8 Å². The van der Waals surface area contributed by atoms with Gasteiger partial charge in [0, 0.05) is 23.6 Å². The topological polar surface area (TPSA) is 61.8 Å². The number of rotatable bonds is 3. The Morgan fingerprint density at radius 2 is 1.84 bits per heavy atom. The van der Waals surface area contributed by atoms with Crippen LogP contribution in [0, 0.1) is 13.8 Å². The number of carbonyl (C=O) groups excluding carboxylic acids is 2. The molecule has 0 saturated heterocycles. The van der Waals surface area contributed by atoms with E-state index in [1.54, 1.807) is 24.3 Å². The van der Waals surface area contributed by atoms with Crippen LogP contribution in [0.1, 0.15) is 24.0 Å². The number of hydrogen-bond donors (Lipinski definition) is 1. The first-order chi connectivity index (χ1) is 11.9. The fourth-order valence-electron chi connectivity index (χ4n) is 2.65. The molecule has 0 atom stereocenters. The molecule has 3 rings (SSSR count). The minimum absolute atomic E-state index is 0.148. The van der Waals surface area contributed by atoms with Crippen molar-refractivity contribution in [1.82, 2.24) is 0 Å². The average molecular weight is 356 g/mol. The number of anilines is 2. The molecule has 5 nitrogen and oxygen atoms in total. The van der Waals surface area contributed by atoms with Gasteiger partial charge >= 0.3 is 0 Å². The van der Waals surface area contributed by atoms with E-state index < -0.39 is 0 Å². The lowest BCUT2D eigenvalue weighted by Crippen LogP contribution is -2.36. The van der Waals surface area contributed by atoms with Crippen molar-refractivity contribution in [2.75, 3.05) is 10.3 Å². The summed E-state index contributed by atoms with van der Waals surface area (Å²) in [4.78, 5) is 24.7. The van der Waals surface area contributed by atoms with E-state index in [4.69, 9.17) is 11.6 Å². The maximum Gasteiger partial charge on any atom is 0.271 e. The summed E-state index contributed by atoms with van der Waals surface area (Å²) in [7, 11) is 0. The summed E-state index contributed by atoms with van der Waals surface area (Å²) in [6, 6.07) is 12.6. The molecule has 6 heteroatoms. The van der Waals surface area contributed by atoms with Gasteiger partial charge in [-0.05, 0) is 49.7 Å². The van der Waals surface area contributed by atoms with Gasteiger partial charge in [0.25, 0.3) is 5.91 Å². The molecule has 0 unspecified atom stereocenters. The van der Waals surface area contributed by atoms with E-state index in [0.29, 0.717) is 22.8 Å². The van der Waals surface area contributed by atoms with Gasteiger partial charge in [0.05, 0.1) is 5.69 Å². The maximum absolute atomic E-state index is 12.5. The van der Waals surface area contributed by atoms with Crippen molar-refractivity contribution in [3.05, 3.63) is 58.6 Å². The van der Waals surface area contributed by atoms with Crippen LogP contribution in [0.15, 0.2) is 47.6 Å². The van der Waals surface area contributed by atoms with Crippen molar-refractivity contribution in [2.45, 2.75) is 26.7 Å². The highest BCUT2D eigenvalue weighted by atomic mass is 35.5. The minimum Gasteiger partial charge on any atom is -0.321 e. The number of hydrazone groups is 1. The molecular formula is C19H18ClN3O2. The van der Waals surface area contributed by atoms with E-state index in [9.17, 15) is 9.59 Å². The molecule has 128 valence electrons. The Labute approximate surface area is 151 Å². The van der Waals surface area contributed by atoms with Crippen LogP contribution < -0.4 is 10.3 Å². The van der Waals surface area contributed by atoms with E-state index in [2.05, 4.69) is 10.4 Å². The predicted molar refractivity (Wildman–Crippen MR) is 100 cm³/mol. The fourth-order valence-corrected chi connectivity index (χ4v) is 2.77. The van der Waals surface area contributed by atoms with Gasteiger partial charge in [-0.15, -0.1) is 0 Å². The molecule has 2 amide bonds. The molecular weight excluding hydrogens is 338 g/mol. The molecule has 1 heterocycles. The first-order valence-electron chi connectivity index (χ1n) is 7.98. The van der Waals surface area contributed by atoms with Crippen molar-refractivity contribution in [3.63, 3.8) is 0 Å². The van der Waals surface area contributed by atoms with Crippen molar-refractivity contribution >= 4 is 40.5 Å². The van der Waals surface area contributed by atoms with Crippen molar-refractivity contribution < 1.29 is 9.59 Å². The summed E-state index contributed by atoms with van der Waals surface area (Å²) < 4.78 is 0.